The molecule has 1 aliphatic heterocycles. The highest BCUT2D eigenvalue weighted by Crippen LogP contribution is 2.33. The van der Waals surface area contributed by atoms with Crippen molar-refractivity contribution in [2.24, 2.45) is 5.92 Å². The van der Waals surface area contributed by atoms with Gasteiger partial charge in [-0.3, -0.25) is 14.5 Å². The van der Waals surface area contributed by atoms with Crippen molar-refractivity contribution in [3.8, 4) is 0 Å². The Morgan fingerprint density at radius 3 is 2.50 bits per heavy atom. The molecular weight excluding hydrogens is 344 g/mol. The van der Waals surface area contributed by atoms with Crippen molar-refractivity contribution in [2.75, 3.05) is 18.0 Å². The Morgan fingerprint density at radius 1 is 1.23 bits per heavy atom. The van der Waals surface area contributed by atoms with Gasteiger partial charge in [-0.15, -0.1) is 0 Å². The van der Waals surface area contributed by atoms with E-state index < -0.39 is 0 Å². The third kappa shape index (κ3) is 3.25. The molecule has 1 aliphatic carbocycles. The summed E-state index contributed by atoms with van der Waals surface area (Å²) in [5.74, 6) is 0.562. The number of rotatable bonds is 6. The molecule has 4 nitrogen and oxygen atoms in total. The Kier molecular flexibility index (Phi) is 4.64. The van der Waals surface area contributed by atoms with Crippen molar-refractivity contribution >= 4 is 33.4 Å². The van der Waals surface area contributed by atoms with E-state index in [4.69, 9.17) is 0 Å². The standard InChI is InChI=1S/C17H21BrN2O2/c1-2-9-19(11-12-3-4-12)15-10-16(21)20(17(15)22)14-7-5-13(18)6-8-14/h5-8,12,15H,2-4,9-11H2,1H3. The summed E-state index contributed by atoms with van der Waals surface area (Å²) < 4.78 is 0.938. The van der Waals surface area contributed by atoms with Crippen LogP contribution in [0.15, 0.2) is 28.7 Å². The van der Waals surface area contributed by atoms with Gasteiger partial charge in [-0.2, -0.15) is 0 Å². The van der Waals surface area contributed by atoms with Gasteiger partial charge in [0.05, 0.1) is 18.2 Å². The number of hydrogen-bond donors (Lipinski definition) is 0. The highest BCUT2D eigenvalue weighted by Gasteiger charge is 2.43. The second kappa shape index (κ2) is 6.50. The third-order valence-corrected chi connectivity index (χ3v) is 4.88. The number of nitrogens with zero attached hydrogens (tertiary/aromatic N) is 2. The lowest BCUT2D eigenvalue weighted by Gasteiger charge is -2.26. The second-order valence-electron chi connectivity index (χ2n) is 6.20. The average Bonchev–Trinajstić information content (AvgIpc) is 3.25. The van der Waals surface area contributed by atoms with Gasteiger partial charge in [0.1, 0.15) is 0 Å². The zero-order valence-electron chi connectivity index (χ0n) is 12.8. The van der Waals surface area contributed by atoms with Crippen LogP contribution in [0.4, 0.5) is 5.69 Å². The van der Waals surface area contributed by atoms with Crippen LogP contribution in [0.25, 0.3) is 0 Å². The first kappa shape index (κ1) is 15.7. The molecular formula is C17H21BrN2O2. The molecule has 0 spiro atoms. The van der Waals surface area contributed by atoms with E-state index in [1.807, 2.05) is 24.3 Å². The van der Waals surface area contributed by atoms with Crippen LogP contribution in [0, 0.1) is 5.92 Å². The number of carbonyl (C=O) groups excluding carboxylic acids is 2. The molecule has 1 saturated carbocycles. The lowest BCUT2D eigenvalue weighted by molar-refractivity contribution is -0.123. The van der Waals surface area contributed by atoms with Crippen LogP contribution in [0.1, 0.15) is 32.6 Å². The maximum Gasteiger partial charge on any atom is 0.251 e. The molecule has 5 heteroatoms. The topological polar surface area (TPSA) is 40.6 Å². The smallest absolute Gasteiger partial charge is 0.251 e. The first-order chi connectivity index (χ1) is 10.6. The van der Waals surface area contributed by atoms with Gasteiger partial charge in [0.25, 0.3) is 5.91 Å². The molecule has 2 aliphatic rings. The monoisotopic (exact) mass is 364 g/mol. The predicted molar refractivity (Wildman–Crippen MR) is 89.6 cm³/mol. The number of amides is 2. The first-order valence-corrected chi connectivity index (χ1v) is 8.76. The van der Waals surface area contributed by atoms with Crippen molar-refractivity contribution in [1.29, 1.82) is 0 Å². The van der Waals surface area contributed by atoms with Crippen molar-refractivity contribution in [1.82, 2.24) is 4.90 Å². The number of benzene rings is 1. The number of hydrogen-bond acceptors (Lipinski definition) is 3. The molecule has 1 unspecified atom stereocenters. The van der Waals surface area contributed by atoms with Crippen LogP contribution in [-0.2, 0) is 9.59 Å². The summed E-state index contributed by atoms with van der Waals surface area (Å²) in [6.45, 7) is 3.95. The minimum atomic E-state index is -0.281. The predicted octanol–water partition coefficient (Wildman–Crippen LogP) is 3.20. The Labute approximate surface area is 139 Å². The fraction of sp³-hybridized carbons (Fsp3) is 0.529. The van der Waals surface area contributed by atoms with Gasteiger partial charge in [-0.05, 0) is 56.0 Å². The summed E-state index contributed by atoms with van der Waals surface area (Å²) >= 11 is 3.38. The van der Waals surface area contributed by atoms with E-state index >= 15 is 0 Å². The van der Waals surface area contributed by atoms with Crippen LogP contribution in [0.3, 0.4) is 0 Å². The zero-order valence-corrected chi connectivity index (χ0v) is 14.4. The van der Waals surface area contributed by atoms with Crippen LogP contribution < -0.4 is 4.90 Å². The molecule has 118 valence electrons. The van der Waals surface area contributed by atoms with Gasteiger partial charge in [-0.25, -0.2) is 4.90 Å². The highest BCUT2D eigenvalue weighted by molar-refractivity contribution is 9.10. The lowest BCUT2D eigenvalue weighted by atomic mass is 10.2. The van der Waals surface area contributed by atoms with E-state index in [0.717, 1.165) is 29.9 Å². The van der Waals surface area contributed by atoms with E-state index in [1.54, 1.807) is 0 Å². The van der Waals surface area contributed by atoms with E-state index in [-0.39, 0.29) is 17.9 Å². The molecule has 1 heterocycles. The summed E-state index contributed by atoms with van der Waals surface area (Å²) in [6.07, 6.45) is 3.82. The molecule has 0 N–H and O–H groups in total. The number of anilines is 1. The average molecular weight is 365 g/mol. The molecule has 0 aromatic heterocycles. The molecule has 1 saturated heterocycles. The zero-order chi connectivity index (χ0) is 15.7. The van der Waals surface area contributed by atoms with Crippen LogP contribution in [-0.4, -0.2) is 35.8 Å². The van der Waals surface area contributed by atoms with Crippen LogP contribution in [0.2, 0.25) is 0 Å². The fourth-order valence-corrected chi connectivity index (χ4v) is 3.32. The molecule has 0 radical (unpaired) electrons. The molecule has 3 rings (SSSR count). The molecule has 1 aromatic rings. The third-order valence-electron chi connectivity index (χ3n) is 4.35. The minimum absolute atomic E-state index is 0.0681. The van der Waals surface area contributed by atoms with Crippen molar-refractivity contribution < 1.29 is 9.59 Å². The summed E-state index contributed by atoms with van der Waals surface area (Å²) in [6, 6.07) is 7.06. The van der Waals surface area contributed by atoms with Gasteiger partial charge in [0.15, 0.2) is 0 Å². The van der Waals surface area contributed by atoms with Gasteiger partial charge in [0.2, 0.25) is 5.91 Å². The lowest BCUT2D eigenvalue weighted by Crippen LogP contribution is -2.43. The molecule has 2 amide bonds. The summed E-state index contributed by atoms with van der Waals surface area (Å²) in [5.41, 5.74) is 0.670. The van der Waals surface area contributed by atoms with Gasteiger partial charge in [-0.1, -0.05) is 22.9 Å². The molecule has 2 fully saturated rings. The van der Waals surface area contributed by atoms with Crippen molar-refractivity contribution in [3.63, 3.8) is 0 Å². The van der Waals surface area contributed by atoms with Crippen LogP contribution >= 0.6 is 15.9 Å². The number of halogens is 1. The maximum atomic E-state index is 12.8. The second-order valence-corrected chi connectivity index (χ2v) is 7.12. The van der Waals surface area contributed by atoms with Crippen LogP contribution in [0.5, 0.6) is 0 Å². The molecule has 1 aromatic carbocycles. The summed E-state index contributed by atoms with van der Waals surface area (Å²) in [7, 11) is 0. The van der Waals surface area contributed by atoms with Gasteiger partial charge >= 0.3 is 0 Å². The van der Waals surface area contributed by atoms with Gasteiger partial charge in [0, 0.05) is 11.0 Å². The first-order valence-electron chi connectivity index (χ1n) is 7.96. The Bertz CT molecular complexity index is 569. The molecule has 1 atom stereocenters. The van der Waals surface area contributed by atoms with Crippen molar-refractivity contribution in [2.45, 2.75) is 38.6 Å². The normalized spacial score (nSPS) is 22.0. The van der Waals surface area contributed by atoms with Gasteiger partial charge < -0.3 is 0 Å². The molecule has 22 heavy (non-hydrogen) atoms. The minimum Gasteiger partial charge on any atom is -0.291 e. The molecule has 0 bridgehead atoms. The maximum absolute atomic E-state index is 12.8. The van der Waals surface area contributed by atoms with Crippen molar-refractivity contribution in [3.05, 3.63) is 28.7 Å². The quantitative estimate of drug-likeness (QED) is 0.727. The van der Waals surface area contributed by atoms with E-state index in [1.165, 1.54) is 17.7 Å². The Balaban J connectivity index is 1.78. The number of imide groups is 1. The fourth-order valence-electron chi connectivity index (χ4n) is 3.06. The summed E-state index contributed by atoms with van der Waals surface area (Å²) in [5, 5.41) is 0. The SMILES string of the molecule is CCCN(CC1CC1)C1CC(=O)N(c2ccc(Br)cc2)C1=O. The summed E-state index contributed by atoms with van der Waals surface area (Å²) in [4.78, 5) is 28.7. The Hall–Kier alpha value is -1.20. The largest absolute Gasteiger partial charge is 0.291 e. The number of carbonyl (C=O) groups is 2. The van der Waals surface area contributed by atoms with E-state index in [9.17, 15) is 9.59 Å². The highest BCUT2D eigenvalue weighted by atomic mass is 79.9. The van der Waals surface area contributed by atoms with E-state index in [0.29, 0.717) is 12.1 Å². The Morgan fingerprint density at radius 2 is 1.91 bits per heavy atom. The van der Waals surface area contributed by atoms with E-state index in [2.05, 4.69) is 27.8 Å².